The fourth-order valence-corrected chi connectivity index (χ4v) is 3.02. The van der Waals surface area contributed by atoms with Crippen molar-refractivity contribution in [1.29, 1.82) is 0 Å². The lowest BCUT2D eigenvalue weighted by atomic mass is 9.99. The van der Waals surface area contributed by atoms with Gasteiger partial charge in [-0.25, -0.2) is 4.98 Å². The summed E-state index contributed by atoms with van der Waals surface area (Å²) in [5.41, 5.74) is 1.28. The van der Waals surface area contributed by atoms with Gasteiger partial charge in [0.2, 0.25) is 5.88 Å². The molecular formula is C17H26N2O2. The first-order valence-corrected chi connectivity index (χ1v) is 8.21. The van der Waals surface area contributed by atoms with Gasteiger partial charge in [-0.3, -0.25) is 4.90 Å². The molecule has 3 rings (SSSR count). The van der Waals surface area contributed by atoms with Crippen LogP contribution in [0.15, 0.2) is 18.3 Å². The first-order valence-electron chi connectivity index (χ1n) is 8.21. The van der Waals surface area contributed by atoms with Crippen LogP contribution in [0.25, 0.3) is 0 Å². The fraction of sp³-hybridized carbons (Fsp3) is 0.706. The highest BCUT2D eigenvalue weighted by molar-refractivity contribution is 5.18. The second-order valence-electron chi connectivity index (χ2n) is 6.39. The van der Waals surface area contributed by atoms with E-state index >= 15 is 0 Å². The van der Waals surface area contributed by atoms with Crippen molar-refractivity contribution < 1.29 is 9.47 Å². The molecule has 0 atom stereocenters. The number of hydrogen-bond donors (Lipinski definition) is 0. The third-order valence-electron chi connectivity index (χ3n) is 4.54. The maximum absolute atomic E-state index is 5.91. The molecule has 3 heterocycles. The summed E-state index contributed by atoms with van der Waals surface area (Å²) in [7, 11) is 0. The molecule has 4 heteroatoms. The van der Waals surface area contributed by atoms with E-state index in [1.165, 1.54) is 31.5 Å². The average Bonchev–Trinajstić information content (AvgIpc) is 2.53. The van der Waals surface area contributed by atoms with Crippen molar-refractivity contribution in [2.24, 2.45) is 5.92 Å². The van der Waals surface area contributed by atoms with Crippen molar-refractivity contribution in [1.82, 2.24) is 9.88 Å². The van der Waals surface area contributed by atoms with E-state index in [0.29, 0.717) is 0 Å². The highest BCUT2D eigenvalue weighted by Crippen LogP contribution is 2.19. The normalized spacial score (nSPS) is 22.3. The second-order valence-corrected chi connectivity index (χ2v) is 6.39. The average molecular weight is 290 g/mol. The van der Waals surface area contributed by atoms with Gasteiger partial charge in [-0.1, -0.05) is 13.0 Å². The highest BCUT2D eigenvalue weighted by atomic mass is 16.5. The van der Waals surface area contributed by atoms with Crippen LogP contribution in [-0.4, -0.2) is 42.3 Å². The zero-order chi connectivity index (χ0) is 14.5. The number of nitrogens with zero attached hydrogens (tertiary/aromatic N) is 2. The number of likely N-dealkylation sites (tertiary alicyclic amines) is 1. The summed E-state index contributed by atoms with van der Waals surface area (Å²) in [5.74, 6) is 1.63. The molecule has 0 aliphatic carbocycles. The molecule has 0 radical (unpaired) electrons. The van der Waals surface area contributed by atoms with E-state index in [-0.39, 0.29) is 6.10 Å². The maximum Gasteiger partial charge on any atom is 0.213 e. The number of piperidine rings is 1. The molecule has 1 aromatic rings. The topological polar surface area (TPSA) is 34.6 Å². The van der Waals surface area contributed by atoms with E-state index in [2.05, 4.69) is 22.9 Å². The lowest BCUT2D eigenvalue weighted by Crippen LogP contribution is -2.32. The number of ether oxygens (including phenoxy) is 2. The maximum atomic E-state index is 5.91. The highest BCUT2D eigenvalue weighted by Gasteiger charge is 2.17. The molecule has 2 aliphatic rings. The van der Waals surface area contributed by atoms with Crippen molar-refractivity contribution in [3.8, 4) is 5.88 Å². The van der Waals surface area contributed by atoms with Crippen LogP contribution in [0.4, 0.5) is 0 Å². The van der Waals surface area contributed by atoms with E-state index < -0.39 is 0 Å². The Morgan fingerprint density at radius 1 is 1.19 bits per heavy atom. The Bertz CT molecular complexity index is 421. The van der Waals surface area contributed by atoms with E-state index in [1.807, 2.05) is 12.3 Å². The second kappa shape index (κ2) is 7.23. The molecule has 0 N–H and O–H groups in total. The fourth-order valence-electron chi connectivity index (χ4n) is 3.02. The summed E-state index contributed by atoms with van der Waals surface area (Å²) in [6, 6.07) is 4.16. The van der Waals surface area contributed by atoms with Crippen molar-refractivity contribution >= 4 is 0 Å². The Morgan fingerprint density at radius 2 is 1.95 bits per heavy atom. The molecule has 1 aromatic heterocycles. The lowest BCUT2D eigenvalue weighted by Gasteiger charge is -2.30. The van der Waals surface area contributed by atoms with Gasteiger partial charge in [-0.15, -0.1) is 0 Å². The molecule has 2 fully saturated rings. The van der Waals surface area contributed by atoms with Crippen molar-refractivity contribution in [3.63, 3.8) is 0 Å². The largest absolute Gasteiger partial charge is 0.474 e. The minimum Gasteiger partial charge on any atom is -0.474 e. The van der Waals surface area contributed by atoms with Gasteiger partial charge >= 0.3 is 0 Å². The Labute approximate surface area is 127 Å². The van der Waals surface area contributed by atoms with Crippen molar-refractivity contribution in [3.05, 3.63) is 23.9 Å². The quantitative estimate of drug-likeness (QED) is 0.854. The predicted octanol–water partition coefficient (Wildman–Crippen LogP) is 2.87. The van der Waals surface area contributed by atoms with Crippen LogP contribution in [0, 0.1) is 5.92 Å². The minimum atomic E-state index is 0.265. The SMILES string of the molecule is CC1CCN(Cc2ccc(OC3CCOCC3)nc2)CC1. The zero-order valence-electron chi connectivity index (χ0n) is 13.0. The number of rotatable bonds is 4. The molecule has 21 heavy (non-hydrogen) atoms. The first kappa shape index (κ1) is 14.8. The lowest BCUT2D eigenvalue weighted by molar-refractivity contribution is 0.0237. The smallest absolute Gasteiger partial charge is 0.213 e. The van der Waals surface area contributed by atoms with Gasteiger partial charge in [0, 0.05) is 31.6 Å². The number of hydrogen-bond acceptors (Lipinski definition) is 4. The van der Waals surface area contributed by atoms with Crippen LogP contribution in [0.1, 0.15) is 38.2 Å². The third kappa shape index (κ3) is 4.42. The monoisotopic (exact) mass is 290 g/mol. The summed E-state index contributed by atoms with van der Waals surface area (Å²) in [5, 5.41) is 0. The summed E-state index contributed by atoms with van der Waals surface area (Å²) in [4.78, 5) is 6.99. The summed E-state index contributed by atoms with van der Waals surface area (Å²) in [6.45, 7) is 7.38. The molecule has 116 valence electrons. The van der Waals surface area contributed by atoms with Crippen LogP contribution < -0.4 is 4.74 Å². The van der Waals surface area contributed by atoms with E-state index in [4.69, 9.17) is 9.47 Å². The summed E-state index contributed by atoms with van der Waals surface area (Å²) in [6.07, 6.45) is 6.80. The van der Waals surface area contributed by atoms with Gasteiger partial charge in [-0.05, 0) is 37.4 Å². The molecule has 0 saturated carbocycles. The van der Waals surface area contributed by atoms with Crippen LogP contribution in [-0.2, 0) is 11.3 Å². The molecule has 2 saturated heterocycles. The summed E-state index contributed by atoms with van der Waals surface area (Å²) < 4.78 is 11.3. The first-order chi connectivity index (χ1) is 10.3. The zero-order valence-corrected chi connectivity index (χ0v) is 13.0. The molecule has 0 unspecified atom stereocenters. The Morgan fingerprint density at radius 3 is 2.62 bits per heavy atom. The van der Waals surface area contributed by atoms with Gasteiger partial charge in [0.25, 0.3) is 0 Å². The molecule has 0 spiro atoms. The molecule has 0 amide bonds. The van der Waals surface area contributed by atoms with Gasteiger partial charge in [-0.2, -0.15) is 0 Å². The number of aromatic nitrogens is 1. The molecule has 4 nitrogen and oxygen atoms in total. The van der Waals surface area contributed by atoms with Gasteiger partial charge in [0.15, 0.2) is 0 Å². The van der Waals surface area contributed by atoms with E-state index in [0.717, 1.165) is 44.4 Å². The Hall–Kier alpha value is -1.13. The van der Waals surface area contributed by atoms with E-state index in [9.17, 15) is 0 Å². The Balaban J connectivity index is 1.49. The predicted molar refractivity (Wildman–Crippen MR) is 82.4 cm³/mol. The van der Waals surface area contributed by atoms with Crippen LogP contribution in [0.3, 0.4) is 0 Å². The van der Waals surface area contributed by atoms with Crippen LogP contribution in [0.5, 0.6) is 5.88 Å². The van der Waals surface area contributed by atoms with Gasteiger partial charge in [0.1, 0.15) is 6.10 Å². The van der Waals surface area contributed by atoms with Crippen LogP contribution >= 0.6 is 0 Å². The summed E-state index contributed by atoms with van der Waals surface area (Å²) >= 11 is 0. The number of pyridine rings is 1. The standard InChI is InChI=1S/C17H26N2O2/c1-14-4-8-19(9-5-14)13-15-2-3-17(18-12-15)21-16-6-10-20-11-7-16/h2-3,12,14,16H,4-11,13H2,1H3. The minimum absolute atomic E-state index is 0.265. The van der Waals surface area contributed by atoms with Crippen molar-refractivity contribution in [2.45, 2.75) is 45.3 Å². The third-order valence-corrected chi connectivity index (χ3v) is 4.54. The Kier molecular flexibility index (Phi) is 5.09. The van der Waals surface area contributed by atoms with Gasteiger partial charge in [0.05, 0.1) is 13.2 Å². The molecular weight excluding hydrogens is 264 g/mol. The van der Waals surface area contributed by atoms with Gasteiger partial charge < -0.3 is 9.47 Å². The molecule has 0 aromatic carbocycles. The van der Waals surface area contributed by atoms with Crippen LogP contribution in [0.2, 0.25) is 0 Å². The molecule has 2 aliphatic heterocycles. The van der Waals surface area contributed by atoms with Crippen molar-refractivity contribution in [2.75, 3.05) is 26.3 Å². The van der Waals surface area contributed by atoms with E-state index in [1.54, 1.807) is 0 Å². The molecule has 0 bridgehead atoms.